The smallest absolute Gasteiger partial charge is 0.416 e. The number of hydrogen-bond acceptors (Lipinski definition) is 7. The Hall–Kier alpha value is -3.94. The first-order valence-electron chi connectivity index (χ1n) is 10.7. The number of ether oxygens (including phenoxy) is 3. The largest absolute Gasteiger partial charge is 0.475 e. The van der Waals surface area contributed by atoms with Gasteiger partial charge in [-0.05, 0) is 31.2 Å². The molecule has 1 heterocycles. The van der Waals surface area contributed by atoms with Gasteiger partial charge in [-0.2, -0.15) is 13.2 Å². The molecular formula is C23H20BF5N2O6. The number of halogens is 5. The van der Waals surface area contributed by atoms with Crippen molar-refractivity contribution >= 4 is 25.4 Å². The van der Waals surface area contributed by atoms with Gasteiger partial charge in [0.25, 0.3) is 5.91 Å². The number of carbonyl (C=O) groups excluding carboxylic acids is 2. The maximum Gasteiger partial charge on any atom is 0.416 e. The van der Waals surface area contributed by atoms with E-state index in [-0.39, 0.29) is 29.4 Å². The summed E-state index contributed by atoms with van der Waals surface area (Å²) < 4.78 is 88.5. The molecule has 0 bridgehead atoms. The van der Waals surface area contributed by atoms with E-state index in [4.69, 9.17) is 24.4 Å². The minimum absolute atomic E-state index is 0.105. The van der Waals surface area contributed by atoms with Gasteiger partial charge in [0.05, 0.1) is 24.4 Å². The van der Waals surface area contributed by atoms with Crippen molar-refractivity contribution in [1.82, 2.24) is 4.98 Å². The van der Waals surface area contributed by atoms with Gasteiger partial charge in [-0.3, -0.25) is 4.79 Å². The average molecular weight is 526 g/mol. The monoisotopic (exact) mass is 526 g/mol. The van der Waals surface area contributed by atoms with Crippen LogP contribution in [0.1, 0.15) is 34.8 Å². The second-order valence-corrected chi connectivity index (χ2v) is 7.56. The minimum Gasteiger partial charge on any atom is -0.475 e. The van der Waals surface area contributed by atoms with Crippen LogP contribution in [0.4, 0.5) is 22.0 Å². The molecule has 1 unspecified atom stereocenters. The molecule has 0 fully saturated rings. The van der Waals surface area contributed by atoms with Crippen molar-refractivity contribution in [2.45, 2.75) is 19.2 Å². The van der Waals surface area contributed by atoms with E-state index in [1.54, 1.807) is 6.92 Å². The summed E-state index contributed by atoms with van der Waals surface area (Å²) >= 11 is 0. The van der Waals surface area contributed by atoms with Crippen LogP contribution in [0.5, 0.6) is 5.75 Å². The molecule has 37 heavy (non-hydrogen) atoms. The van der Waals surface area contributed by atoms with E-state index in [0.29, 0.717) is 0 Å². The average Bonchev–Trinajstić information content (AvgIpc) is 3.21. The maximum atomic E-state index is 14.8. The number of aromatic nitrogens is 1. The lowest BCUT2D eigenvalue weighted by molar-refractivity contribution is -0.149. The molecule has 0 aliphatic rings. The van der Waals surface area contributed by atoms with Gasteiger partial charge in [0.15, 0.2) is 25.5 Å². The third kappa shape index (κ3) is 6.64. The van der Waals surface area contributed by atoms with Crippen LogP contribution in [0.3, 0.4) is 0 Å². The van der Waals surface area contributed by atoms with Crippen LogP contribution in [0, 0.1) is 11.6 Å². The van der Waals surface area contributed by atoms with E-state index in [9.17, 15) is 31.5 Å². The molecule has 0 spiro atoms. The Bertz CT molecular complexity index is 1280. The molecule has 0 saturated heterocycles. The number of esters is 1. The first kappa shape index (κ1) is 27.6. The van der Waals surface area contributed by atoms with Crippen LogP contribution in [0.2, 0.25) is 0 Å². The van der Waals surface area contributed by atoms with E-state index in [1.165, 1.54) is 20.0 Å². The van der Waals surface area contributed by atoms with Crippen LogP contribution in [0.25, 0.3) is 11.3 Å². The summed E-state index contributed by atoms with van der Waals surface area (Å²) in [4.78, 5) is 27.3. The zero-order valence-electron chi connectivity index (χ0n) is 19.5. The first-order valence-corrected chi connectivity index (χ1v) is 10.7. The molecule has 1 aromatic heterocycles. The Balaban J connectivity index is 1.94. The molecule has 196 valence electrons. The van der Waals surface area contributed by atoms with E-state index >= 15 is 0 Å². The number of alkyl halides is 3. The van der Waals surface area contributed by atoms with E-state index in [1.807, 2.05) is 0 Å². The van der Waals surface area contributed by atoms with Crippen molar-refractivity contribution in [2.24, 2.45) is 5.73 Å². The van der Waals surface area contributed by atoms with Crippen molar-refractivity contribution in [3.05, 3.63) is 65.1 Å². The third-order valence-corrected chi connectivity index (χ3v) is 4.94. The number of nitrogens with two attached hydrogens (primary N) is 1. The molecule has 8 nitrogen and oxygen atoms in total. The van der Waals surface area contributed by atoms with Gasteiger partial charge in [-0.25, -0.2) is 18.6 Å². The fourth-order valence-electron chi connectivity index (χ4n) is 3.25. The van der Waals surface area contributed by atoms with E-state index in [2.05, 4.69) is 4.98 Å². The van der Waals surface area contributed by atoms with Crippen LogP contribution in [-0.4, -0.2) is 44.5 Å². The number of primary amides is 1. The molecule has 2 aromatic carbocycles. The molecular weight excluding hydrogens is 506 g/mol. The van der Waals surface area contributed by atoms with Crippen LogP contribution < -0.4 is 16.1 Å². The number of oxazole rings is 1. The molecule has 2 N–H and O–H groups in total. The van der Waals surface area contributed by atoms with Gasteiger partial charge >= 0.3 is 12.1 Å². The Morgan fingerprint density at radius 1 is 1.14 bits per heavy atom. The highest BCUT2D eigenvalue weighted by Crippen LogP contribution is 2.32. The Morgan fingerprint density at radius 3 is 2.41 bits per heavy atom. The summed E-state index contributed by atoms with van der Waals surface area (Å²) in [6.45, 7) is 0.759. The van der Waals surface area contributed by atoms with E-state index in [0.717, 1.165) is 24.3 Å². The summed E-state index contributed by atoms with van der Waals surface area (Å²) in [6, 6.07) is 5.82. The lowest BCUT2D eigenvalue weighted by atomic mass is 9.98. The number of carbonyl (C=O) groups is 2. The van der Waals surface area contributed by atoms with E-state index < -0.39 is 65.9 Å². The van der Waals surface area contributed by atoms with Gasteiger partial charge in [-0.15, -0.1) is 0 Å². The topological polar surface area (TPSA) is 114 Å². The van der Waals surface area contributed by atoms with Crippen LogP contribution in [0.15, 0.2) is 40.8 Å². The highest BCUT2D eigenvalue weighted by Gasteiger charge is 2.31. The lowest BCUT2D eigenvalue weighted by Gasteiger charge is -2.17. The zero-order chi connectivity index (χ0) is 27.3. The lowest BCUT2D eigenvalue weighted by Crippen LogP contribution is -2.21. The molecule has 3 rings (SSSR count). The van der Waals surface area contributed by atoms with Gasteiger partial charge in [0, 0.05) is 5.56 Å². The molecule has 0 aliphatic carbocycles. The summed E-state index contributed by atoms with van der Waals surface area (Å²) in [7, 11) is 1.49. The van der Waals surface area contributed by atoms with Crippen LogP contribution in [-0.2, 0) is 20.4 Å². The highest BCUT2D eigenvalue weighted by molar-refractivity contribution is 6.33. The zero-order valence-corrected chi connectivity index (χ0v) is 19.5. The summed E-state index contributed by atoms with van der Waals surface area (Å²) in [6.07, 6.45) is -5.86. The molecule has 14 heteroatoms. The first-order chi connectivity index (χ1) is 17.4. The quantitative estimate of drug-likeness (QED) is 0.246. The molecule has 0 radical (unpaired) electrons. The second kappa shape index (κ2) is 11.4. The van der Waals surface area contributed by atoms with Crippen molar-refractivity contribution in [3.8, 4) is 17.0 Å². The molecule has 3 aromatic rings. The number of benzene rings is 2. The Morgan fingerprint density at radius 2 is 1.81 bits per heavy atom. The molecule has 1 amide bonds. The van der Waals surface area contributed by atoms with Crippen molar-refractivity contribution in [2.75, 3.05) is 19.8 Å². The normalized spacial score (nSPS) is 12.3. The summed E-state index contributed by atoms with van der Waals surface area (Å²) in [5, 5.41) is 0. The number of hydrogen-bond donors (Lipinski definition) is 1. The van der Waals surface area contributed by atoms with Crippen molar-refractivity contribution in [3.63, 3.8) is 0 Å². The third-order valence-electron chi connectivity index (χ3n) is 4.94. The summed E-state index contributed by atoms with van der Waals surface area (Å²) in [5.74, 6) is -5.43. The minimum atomic E-state index is -4.53. The summed E-state index contributed by atoms with van der Waals surface area (Å²) in [5.41, 5.74) is 3.79. The SMILES string of the molecule is Bc1oc(C(COCC(=O)OCC)Oc2ccc(F)c(C(N)=O)c2F)nc1-c1ccc(C(F)(F)F)cc1. The Kier molecular flexibility index (Phi) is 8.53. The number of rotatable bonds is 10. The predicted octanol–water partition coefficient (Wildman–Crippen LogP) is 2.70. The number of amides is 1. The predicted molar refractivity (Wildman–Crippen MR) is 121 cm³/mol. The molecule has 1 atom stereocenters. The highest BCUT2D eigenvalue weighted by atomic mass is 19.4. The van der Waals surface area contributed by atoms with Gasteiger partial charge in [0.1, 0.15) is 23.7 Å². The van der Waals surface area contributed by atoms with Crippen molar-refractivity contribution in [1.29, 1.82) is 0 Å². The van der Waals surface area contributed by atoms with Gasteiger partial charge in [0.2, 0.25) is 5.89 Å². The van der Waals surface area contributed by atoms with Gasteiger partial charge < -0.3 is 24.4 Å². The molecule has 0 aliphatic heterocycles. The maximum absolute atomic E-state index is 14.8. The molecule has 0 saturated carbocycles. The Labute approximate surface area is 207 Å². The van der Waals surface area contributed by atoms with Crippen molar-refractivity contribution < 1.29 is 50.2 Å². The fraction of sp³-hybridized carbons (Fsp3) is 0.261. The number of nitrogens with zero attached hydrogens (tertiary/aromatic N) is 1. The standard InChI is InChI=1S/C23H20BF5N2O6/c1-2-35-16(32)10-34-9-15(36-14-8-7-13(25)17(18(14)26)21(30)33)22-31-19(20(24)37-22)11-3-5-12(6-4-11)23(27,28)29/h3-8,15H,2,9-10,24H2,1H3,(H2,30,33). The van der Waals surface area contributed by atoms with Gasteiger partial charge in [-0.1, -0.05) is 12.1 Å². The van der Waals surface area contributed by atoms with Crippen LogP contribution >= 0.6 is 0 Å². The second-order valence-electron chi connectivity index (χ2n) is 7.56. The fourth-order valence-corrected chi connectivity index (χ4v) is 3.25.